The number of hydrogen-bond acceptors (Lipinski definition) is 7. The summed E-state index contributed by atoms with van der Waals surface area (Å²) < 4.78 is 10.7. The zero-order valence-corrected chi connectivity index (χ0v) is 18.1. The van der Waals surface area contributed by atoms with Gasteiger partial charge in [-0.3, -0.25) is 4.90 Å². The number of nitrogens with zero attached hydrogens (tertiary/aromatic N) is 3. The molecule has 0 amide bonds. The molecular weight excluding hydrogens is 390 g/mol. The number of ether oxygens (including phenoxy) is 2. The van der Waals surface area contributed by atoms with Gasteiger partial charge in [0.1, 0.15) is 29.5 Å². The van der Waals surface area contributed by atoms with Crippen molar-refractivity contribution in [1.82, 2.24) is 14.9 Å². The van der Waals surface area contributed by atoms with Crippen LogP contribution in [0.15, 0.2) is 54.9 Å². The quantitative estimate of drug-likeness (QED) is 0.534. The summed E-state index contributed by atoms with van der Waals surface area (Å²) in [4.78, 5) is 11.2. The van der Waals surface area contributed by atoms with Crippen LogP contribution in [-0.2, 0) is 6.54 Å². The number of methoxy groups -OCH3 is 2. The van der Waals surface area contributed by atoms with E-state index >= 15 is 0 Å². The molecule has 0 unspecified atom stereocenters. The van der Waals surface area contributed by atoms with E-state index in [0.717, 1.165) is 23.7 Å². The van der Waals surface area contributed by atoms with Gasteiger partial charge in [-0.15, -0.1) is 0 Å². The van der Waals surface area contributed by atoms with Crippen molar-refractivity contribution < 1.29 is 9.47 Å². The Balaban J connectivity index is 1.42. The second-order valence-corrected chi connectivity index (χ2v) is 7.64. The average Bonchev–Trinajstić information content (AvgIpc) is 2.81. The smallest absolute Gasteiger partial charge is 0.142 e. The van der Waals surface area contributed by atoms with E-state index in [4.69, 9.17) is 9.47 Å². The third-order valence-corrected chi connectivity index (χ3v) is 5.42. The van der Waals surface area contributed by atoms with Crippen LogP contribution in [0, 0.1) is 0 Å². The molecule has 4 rings (SSSR count). The third kappa shape index (κ3) is 5.64. The van der Waals surface area contributed by atoms with Crippen molar-refractivity contribution >= 4 is 23.0 Å². The molecule has 1 fully saturated rings. The molecule has 0 spiro atoms. The number of piperidine rings is 1. The van der Waals surface area contributed by atoms with Crippen molar-refractivity contribution in [3.05, 3.63) is 60.4 Å². The van der Waals surface area contributed by atoms with Crippen LogP contribution >= 0.6 is 0 Å². The maximum atomic E-state index is 5.43. The molecule has 1 aromatic heterocycles. The Morgan fingerprint density at radius 2 is 1.58 bits per heavy atom. The number of likely N-dealkylation sites (tertiary alicyclic amines) is 1. The molecule has 2 heterocycles. The molecule has 2 aromatic carbocycles. The van der Waals surface area contributed by atoms with Crippen molar-refractivity contribution in [2.75, 3.05) is 37.9 Å². The summed E-state index contributed by atoms with van der Waals surface area (Å²) in [7, 11) is 3.27. The van der Waals surface area contributed by atoms with Crippen LogP contribution in [0.1, 0.15) is 24.8 Å². The summed E-state index contributed by atoms with van der Waals surface area (Å²) in [6.07, 6.45) is 5.51. The molecule has 0 bridgehead atoms. The van der Waals surface area contributed by atoms with Crippen LogP contribution in [0.5, 0.6) is 11.5 Å². The number of anilines is 4. The maximum absolute atomic E-state index is 5.43. The second kappa shape index (κ2) is 10.1. The first kappa shape index (κ1) is 20.9. The summed E-state index contributed by atoms with van der Waals surface area (Å²) in [5, 5.41) is 6.63. The fourth-order valence-electron chi connectivity index (χ4n) is 3.76. The molecule has 31 heavy (non-hydrogen) atoms. The highest BCUT2D eigenvalue weighted by molar-refractivity contribution is 5.68. The molecule has 0 radical (unpaired) electrons. The minimum Gasteiger partial charge on any atom is -0.497 e. The molecular formula is C24H29N5O2. The lowest BCUT2D eigenvalue weighted by molar-refractivity contribution is 0.221. The fraction of sp³-hybridized carbons (Fsp3) is 0.333. The molecule has 1 saturated heterocycles. The van der Waals surface area contributed by atoms with Gasteiger partial charge >= 0.3 is 0 Å². The zero-order valence-electron chi connectivity index (χ0n) is 18.1. The molecule has 0 aliphatic carbocycles. The van der Waals surface area contributed by atoms with Gasteiger partial charge in [-0.25, -0.2) is 9.97 Å². The van der Waals surface area contributed by atoms with Gasteiger partial charge in [-0.1, -0.05) is 18.6 Å². The summed E-state index contributed by atoms with van der Waals surface area (Å²) in [6.45, 7) is 3.42. The van der Waals surface area contributed by atoms with Crippen LogP contribution in [0.25, 0.3) is 0 Å². The van der Waals surface area contributed by atoms with Crippen molar-refractivity contribution in [1.29, 1.82) is 0 Å². The summed E-state index contributed by atoms with van der Waals surface area (Å²) in [5.41, 5.74) is 3.10. The predicted octanol–water partition coefficient (Wildman–Crippen LogP) is 4.97. The third-order valence-electron chi connectivity index (χ3n) is 5.42. The van der Waals surface area contributed by atoms with Gasteiger partial charge in [0.2, 0.25) is 0 Å². The Morgan fingerprint density at radius 3 is 2.29 bits per heavy atom. The highest BCUT2D eigenvalue weighted by Gasteiger charge is 2.11. The summed E-state index contributed by atoms with van der Waals surface area (Å²) in [5.74, 6) is 2.81. The van der Waals surface area contributed by atoms with Gasteiger partial charge in [0, 0.05) is 24.4 Å². The standard InChI is InChI=1S/C24H29N5O2/c1-30-20-10-11-22(31-2)21(14-20)28-24-15-23(25-17-26-24)27-19-8-6-18(7-9-19)16-29-12-4-3-5-13-29/h6-11,14-15,17H,3-5,12-13,16H2,1-2H3,(H2,25,26,27,28). The van der Waals surface area contributed by atoms with E-state index in [9.17, 15) is 0 Å². The SMILES string of the molecule is COc1ccc(OC)c(Nc2cc(Nc3ccc(CN4CCCCC4)cc3)ncn2)c1. The number of hydrogen-bond donors (Lipinski definition) is 2. The Labute approximate surface area is 183 Å². The van der Waals surface area contributed by atoms with Crippen molar-refractivity contribution in [2.45, 2.75) is 25.8 Å². The second-order valence-electron chi connectivity index (χ2n) is 7.64. The largest absolute Gasteiger partial charge is 0.497 e. The van der Waals surface area contributed by atoms with E-state index in [-0.39, 0.29) is 0 Å². The summed E-state index contributed by atoms with van der Waals surface area (Å²) >= 11 is 0. The van der Waals surface area contributed by atoms with Crippen LogP contribution < -0.4 is 20.1 Å². The monoisotopic (exact) mass is 419 g/mol. The minimum absolute atomic E-state index is 0.658. The Hall–Kier alpha value is -3.32. The molecule has 7 heteroatoms. The van der Waals surface area contributed by atoms with Crippen LogP contribution in [0.3, 0.4) is 0 Å². The molecule has 0 saturated carbocycles. The Morgan fingerprint density at radius 1 is 0.839 bits per heavy atom. The van der Waals surface area contributed by atoms with E-state index in [1.54, 1.807) is 14.2 Å². The Kier molecular flexibility index (Phi) is 6.84. The van der Waals surface area contributed by atoms with Crippen LogP contribution in [0.2, 0.25) is 0 Å². The normalized spacial score (nSPS) is 14.1. The van der Waals surface area contributed by atoms with Crippen molar-refractivity contribution in [2.24, 2.45) is 0 Å². The highest BCUT2D eigenvalue weighted by atomic mass is 16.5. The molecule has 7 nitrogen and oxygen atoms in total. The first-order chi connectivity index (χ1) is 15.2. The average molecular weight is 420 g/mol. The lowest BCUT2D eigenvalue weighted by Gasteiger charge is -2.26. The van der Waals surface area contributed by atoms with Gasteiger partial charge in [0.15, 0.2) is 0 Å². The van der Waals surface area contributed by atoms with E-state index in [2.05, 4.69) is 49.8 Å². The van der Waals surface area contributed by atoms with Gasteiger partial charge in [-0.2, -0.15) is 0 Å². The predicted molar refractivity (Wildman–Crippen MR) is 124 cm³/mol. The highest BCUT2D eigenvalue weighted by Crippen LogP contribution is 2.31. The van der Waals surface area contributed by atoms with Gasteiger partial charge in [-0.05, 0) is 55.8 Å². The van der Waals surface area contributed by atoms with E-state index < -0.39 is 0 Å². The molecule has 0 atom stereocenters. The van der Waals surface area contributed by atoms with E-state index in [0.29, 0.717) is 17.4 Å². The topological polar surface area (TPSA) is 71.5 Å². The van der Waals surface area contributed by atoms with Gasteiger partial charge < -0.3 is 20.1 Å². The lowest BCUT2D eigenvalue weighted by atomic mass is 10.1. The molecule has 1 aliphatic heterocycles. The fourth-order valence-corrected chi connectivity index (χ4v) is 3.76. The molecule has 2 N–H and O–H groups in total. The maximum Gasteiger partial charge on any atom is 0.142 e. The van der Waals surface area contributed by atoms with Crippen molar-refractivity contribution in [3.8, 4) is 11.5 Å². The van der Waals surface area contributed by atoms with Crippen LogP contribution in [-0.4, -0.2) is 42.2 Å². The Bertz CT molecular complexity index is 988. The van der Waals surface area contributed by atoms with Crippen LogP contribution in [0.4, 0.5) is 23.0 Å². The first-order valence-electron chi connectivity index (χ1n) is 10.6. The molecule has 3 aromatic rings. The first-order valence-corrected chi connectivity index (χ1v) is 10.6. The molecule has 162 valence electrons. The molecule has 1 aliphatic rings. The minimum atomic E-state index is 0.658. The lowest BCUT2D eigenvalue weighted by Crippen LogP contribution is -2.29. The number of nitrogens with one attached hydrogen (secondary N) is 2. The number of rotatable bonds is 8. The summed E-state index contributed by atoms with van der Waals surface area (Å²) in [6, 6.07) is 16.0. The van der Waals surface area contributed by atoms with E-state index in [1.807, 2.05) is 24.3 Å². The van der Waals surface area contributed by atoms with E-state index in [1.165, 1.54) is 44.2 Å². The number of aromatic nitrogens is 2. The zero-order chi connectivity index (χ0) is 21.5. The van der Waals surface area contributed by atoms with Crippen molar-refractivity contribution in [3.63, 3.8) is 0 Å². The van der Waals surface area contributed by atoms with Gasteiger partial charge in [0.05, 0.1) is 19.9 Å². The number of benzene rings is 2. The van der Waals surface area contributed by atoms with Gasteiger partial charge in [0.25, 0.3) is 0 Å².